The van der Waals surface area contributed by atoms with E-state index in [4.69, 9.17) is 4.42 Å². The van der Waals surface area contributed by atoms with Crippen molar-refractivity contribution < 1.29 is 9.21 Å². The number of nitrogens with zero attached hydrogens (tertiary/aromatic N) is 3. The van der Waals surface area contributed by atoms with Crippen LogP contribution in [-0.4, -0.2) is 20.4 Å². The summed E-state index contributed by atoms with van der Waals surface area (Å²) in [4.78, 5) is 21.0. The number of benzene rings is 1. The van der Waals surface area contributed by atoms with E-state index in [0.717, 1.165) is 10.7 Å². The number of hydrogen-bond donors (Lipinski definition) is 1. The molecule has 0 aliphatic rings. The van der Waals surface area contributed by atoms with E-state index >= 15 is 0 Å². The third-order valence-corrected chi connectivity index (χ3v) is 5.21. The molecule has 0 fully saturated rings. The monoisotopic (exact) mass is 414 g/mol. The quantitative estimate of drug-likeness (QED) is 0.388. The molecule has 3 aromatic heterocycles. The third-order valence-electron chi connectivity index (χ3n) is 4.13. The van der Waals surface area contributed by atoms with Crippen LogP contribution in [0.1, 0.15) is 27.6 Å². The minimum atomic E-state index is -0.307. The summed E-state index contributed by atoms with van der Waals surface area (Å²) in [6.07, 6.45) is 5.34. The molecule has 1 N–H and O–H groups in total. The van der Waals surface area contributed by atoms with Crippen LogP contribution in [-0.2, 0) is 12.8 Å². The molecule has 0 aliphatic carbocycles. The zero-order chi connectivity index (χ0) is 20.8. The molecular weight excluding hydrogens is 396 g/mol. The molecule has 148 valence electrons. The van der Waals surface area contributed by atoms with Gasteiger partial charge in [0.1, 0.15) is 11.5 Å². The normalized spacial score (nSPS) is 10.3. The number of nitrogens with one attached hydrogen (secondary N) is 1. The predicted octanol–water partition coefficient (Wildman–Crippen LogP) is 4.35. The Hall–Kier alpha value is -3.76. The van der Waals surface area contributed by atoms with Gasteiger partial charge in [0.25, 0.3) is 5.91 Å². The minimum absolute atomic E-state index is 0.260. The van der Waals surface area contributed by atoms with Crippen LogP contribution in [0.25, 0.3) is 0 Å². The summed E-state index contributed by atoms with van der Waals surface area (Å²) in [5.41, 5.74) is 2.12. The minimum Gasteiger partial charge on any atom is -0.455 e. The second-order valence-electron chi connectivity index (χ2n) is 6.38. The van der Waals surface area contributed by atoms with E-state index in [1.165, 1.54) is 0 Å². The summed E-state index contributed by atoms with van der Waals surface area (Å²) in [6.45, 7) is 0. The van der Waals surface area contributed by atoms with Crippen molar-refractivity contribution in [1.82, 2.24) is 14.5 Å². The molecule has 0 bridgehead atoms. The molecule has 7 heteroatoms. The number of aromatic nitrogens is 3. The average Bonchev–Trinajstić information content (AvgIpc) is 3.41. The number of imidazole rings is 1. The molecule has 0 saturated heterocycles. The fourth-order valence-corrected chi connectivity index (χ4v) is 3.47. The number of rotatable bonds is 5. The molecule has 0 unspecified atom stereocenters. The molecule has 0 aliphatic heterocycles. The van der Waals surface area contributed by atoms with E-state index in [1.54, 1.807) is 36.3 Å². The molecule has 30 heavy (non-hydrogen) atoms. The van der Waals surface area contributed by atoms with E-state index in [0.29, 0.717) is 22.9 Å². The van der Waals surface area contributed by atoms with Crippen molar-refractivity contribution in [3.63, 3.8) is 0 Å². The van der Waals surface area contributed by atoms with Gasteiger partial charge in [0.15, 0.2) is 10.9 Å². The van der Waals surface area contributed by atoms with Gasteiger partial charge in [0.2, 0.25) is 0 Å². The second kappa shape index (κ2) is 9.16. The van der Waals surface area contributed by atoms with E-state index < -0.39 is 0 Å². The molecule has 1 amide bonds. The first-order valence-corrected chi connectivity index (χ1v) is 10.2. The van der Waals surface area contributed by atoms with Crippen molar-refractivity contribution in [3.05, 3.63) is 96.0 Å². The maximum atomic E-state index is 12.5. The summed E-state index contributed by atoms with van der Waals surface area (Å²) < 4.78 is 7.62. The lowest BCUT2D eigenvalue weighted by Crippen LogP contribution is -2.10. The number of hydrogen-bond acceptors (Lipinski definition) is 5. The predicted molar refractivity (Wildman–Crippen MR) is 116 cm³/mol. The lowest BCUT2D eigenvalue weighted by Gasteiger charge is -2.04. The molecule has 4 rings (SSSR count). The van der Waals surface area contributed by atoms with E-state index in [2.05, 4.69) is 27.1 Å². The van der Waals surface area contributed by atoms with Gasteiger partial charge in [-0.05, 0) is 48.4 Å². The standard InChI is InChI=1S/C23H18N4O2S/c1-27-14-13-25-23(27)30-16-20-10-11-21(29-20)22(28)26-19-7-4-5-17(15-19)8-9-18-6-2-3-12-24-18/h2-7,10-15H,16H2,1H3,(H,26,28). The van der Waals surface area contributed by atoms with Gasteiger partial charge >= 0.3 is 0 Å². The van der Waals surface area contributed by atoms with Gasteiger partial charge in [0.05, 0.1) is 5.75 Å². The van der Waals surface area contributed by atoms with Crippen molar-refractivity contribution in [2.75, 3.05) is 5.32 Å². The summed E-state index contributed by atoms with van der Waals surface area (Å²) in [7, 11) is 1.94. The van der Waals surface area contributed by atoms with Gasteiger partial charge in [0, 0.05) is 36.9 Å². The van der Waals surface area contributed by atoms with Crippen LogP contribution in [0.4, 0.5) is 5.69 Å². The van der Waals surface area contributed by atoms with E-state index in [1.807, 2.05) is 60.3 Å². The Balaban J connectivity index is 1.39. The van der Waals surface area contributed by atoms with Gasteiger partial charge in [-0.3, -0.25) is 4.79 Å². The molecule has 4 aromatic rings. The van der Waals surface area contributed by atoms with E-state index in [9.17, 15) is 4.79 Å². The number of amides is 1. The number of thioether (sulfide) groups is 1. The van der Waals surface area contributed by atoms with Gasteiger partial charge < -0.3 is 14.3 Å². The Labute approximate surface area is 178 Å². The van der Waals surface area contributed by atoms with E-state index in [-0.39, 0.29) is 11.7 Å². The van der Waals surface area contributed by atoms with Crippen LogP contribution in [0.15, 0.2) is 82.8 Å². The maximum Gasteiger partial charge on any atom is 0.291 e. The Morgan fingerprint density at radius 1 is 1.10 bits per heavy atom. The summed E-state index contributed by atoms with van der Waals surface area (Å²) in [6, 6.07) is 16.4. The molecule has 1 aromatic carbocycles. The highest BCUT2D eigenvalue weighted by molar-refractivity contribution is 7.98. The van der Waals surface area contributed by atoms with Crippen LogP contribution in [0.5, 0.6) is 0 Å². The summed E-state index contributed by atoms with van der Waals surface area (Å²) in [5.74, 6) is 7.32. The highest BCUT2D eigenvalue weighted by atomic mass is 32.2. The number of pyridine rings is 1. The zero-order valence-electron chi connectivity index (χ0n) is 16.2. The van der Waals surface area contributed by atoms with Crippen LogP contribution >= 0.6 is 11.8 Å². The Morgan fingerprint density at radius 3 is 2.83 bits per heavy atom. The maximum absolute atomic E-state index is 12.5. The topological polar surface area (TPSA) is 73.0 Å². The second-order valence-corrected chi connectivity index (χ2v) is 7.32. The number of aryl methyl sites for hydroxylation is 1. The van der Waals surface area contributed by atoms with Gasteiger partial charge in [-0.2, -0.15) is 0 Å². The third kappa shape index (κ3) is 4.99. The number of anilines is 1. The van der Waals surface area contributed by atoms with Crippen molar-refractivity contribution in [2.45, 2.75) is 10.9 Å². The molecular formula is C23H18N4O2S. The van der Waals surface area contributed by atoms with Crippen molar-refractivity contribution in [1.29, 1.82) is 0 Å². The molecule has 3 heterocycles. The molecule has 0 spiro atoms. The Morgan fingerprint density at radius 2 is 2.03 bits per heavy atom. The lowest BCUT2D eigenvalue weighted by molar-refractivity contribution is 0.0995. The highest BCUT2D eigenvalue weighted by Gasteiger charge is 2.12. The Bertz CT molecular complexity index is 1220. The molecule has 0 atom stereocenters. The first-order chi connectivity index (χ1) is 14.7. The summed E-state index contributed by atoms with van der Waals surface area (Å²) in [5, 5.41) is 3.74. The van der Waals surface area contributed by atoms with Crippen LogP contribution in [0.2, 0.25) is 0 Å². The van der Waals surface area contributed by atoms with Crippen molar-refractivity contribution in [3.8, 4) is 11.8 Å². The molecule has 0 saturated carbocycles. The SMILES string of the molecule is Cn1ccnc1SCc1ccc(C(=O)Nc2cccc(C#Cc3ccccn3)c2)o1. The van der Waals surface area contributed by atoms with Crippen molar-refractivity contribution >= 4 is 23.4 Å². The summed E-state index contributed by atoms with van der Waals surface area (Å²) >= 11 is 1.55. The fraction of sp³-hybridized carbons (Fsp3) is 0.0870. The van der Waals surface area contributed by atoms with Crippen molar-refractivity contribution in [2.24, 2.45) is 7.05 Å². The van der Waals surface area contributed by atoms with Gasteiger partial charge in [-0.1, -0.05) is 29.8 Å². The highest BCUT2D eigenvalue weighted by Crippen LogP contribution is 2.22. The first-order valence-electron chi connectivity index (χ1n) is 9.21. The number of carbonyl (C=O) groups excluding carboxylic acids is 1. The zero-order valence-corrected chi connectivity index (χ0v) is 17.0. The largest absolute Gasteiger partial charge is 0.455 e. The van der Waals surface area contributed by atoms with Gasteiger partial charge in [-0.15, -0.1) is 0 Å². The van der Waals surface area contributed by atoms with Gasteiger partial charge in [-0.25, -0.2) is 9.97 Å². The number of carbonyl (C=O) groups is 1. The fourth-order valence-electron chi connectivity index (χ4n) is 2.64. The number of furan rings is 1. The average molecular weight is 414 g/mol. The molecule has 0 radical (unpaired) electrons. The first kappa shape index (κ1) is 19.6. The molecule has 6 nitrogen and oxygen atoms in total. The van der Waals surface area contributed by atoms with Crippen LogP contribution in [0.3, 0.4) is 0 Å². The van der Waals surface area contributed by atoms with Crippen LogP contribution in [0, 0.1) is 11.8 Å². The lowest BCUT2D eigenvalue weighted by atomic mass is 10.2. The Kier molecular flexibility index (Phi) is 5.97. The van der Waals surface area contributed by atoms with Crippen LogP contribution < -0.4 is 5.32 Å². The smallest absolute Gasteiger partial charge is 0.291 e.